The van der Waals surface area contributed by atoms with Crippen LogP contribution in [-0.2, 0) is 4.74 Å². The molecule has 0 N–H and O–H groups in total. The zero-order valence-corrected chi connectivity index (χ0v) is 14.9. The molecule has 0 aliphatic rings. The molecule has 3 aromatic rings. The highest BCUT2D eigenvalue weighted by Crippen LogP contribution is 2.31. The number of benzene rings is 2. The fourth-order valence-corrected chi connectivity index (χ4v) is 3.05. The van der Waals surface area contributed by atoms with Crippen LogP contribution in [0.5, 0.6) is 0 Å². The normalized spacial score (nSPS) is 12.3. The van der Waals surface area contributed by atoms with Crippen LogP contribution in [0.4, 0.5) is 0 Å². The second kappa shape index (κ2) is 6.34. The van der Waals surface area contributed by atoms with Crippen molar-refractivity contribution in [2.75, 3.05) is 7.11 Å². The molecule has 0 bridgehead atoms. The van der Waals surface area contributed by atoms with Gasteiger partial charge in [0.2, 0.25) is 0 Å². The van der Waals surface area contributed by atoms with Crippen LogP contribution in [0.25, 0.3) is 10.9 Å². The van der Waals surface area contributed by atoms with Gasteiger partial charge in [0.05, 0.1) is 35.5 Å². The Bertz CT molecular complexity index is 874. The molecule has 0 spiro atoms. The number of hydrogen-bond acceptors (Lipinski definition) is 3. The van der Waals surface area contributed by atoms with Crippen LogP contribution < -0.4 is 0 Å². The lowest BCUT2D eigenvalue weighted by atomic mass is 10.1. The molecule has 1 atom stereocenters. The van der Waals surface area contributed by atoms with Crippen molar-refractivity contribution in [2.45, 2.75) is 13.0 Å². The quantitative estimate of drug-likeness (QED) is 0.598. The minimum Gasteiger partial charge on any atom is -0.465 e. The average Bonchev–Trinajstić information content (AvgIpc) is 3.00. The minimum atomic E-state index is -0.406. The third kappa shape index (κ3) is 2.86. The summed E-state index contributed by atoms with van der Waals surface area (Å²) in [5.74, 6) is -0.406. The number of nitrogens with zero attached hydrogens (tertiary/aromatic N) is 2. The van der Waals surface area contributed by atoms with Gasteiger partial charge < -0.3 is 4.74 Å². The lowest BCUT2D eigenvalue weighted by Gasteiger charge is -2.16. The van der Waals surface area contributed by atoms with E-state index in [1.165, 1.54) is 7.11 Å². The predicted octanol–water partition coefficient (Wildman–Crippen LogP) is 4.85. The van der Waals surface area contributed by atoms with Gasteiger partial charge in [-0.3, -0.25) is 4.68 Å². The Balaban J connectivity index is 2.19. The molecule has 0 radical (unpaired) electrons. The molecule has 1 heterocycles. The van der Waals surface area contributed by atoms with Crippen molar-refractivity contribution < 1.29 is 9.53 Å². The number of carbonyl (C=O) groups is 1. The summed E-state index contributed by atoms with van der Waals surface area (Å²) in [6.45, 7) is 2.03. The van der Waals surface area contributed by atoms with Gasteiger partial charge in [0.25, 0.3) is 0 Å². The van der Waals surface area contributed by atoms with E-state index in [0.29, 0.717) is 16.1 Å². The van der Waals surface area contributed by atoms with Gasteiger partial charge >= 0.3 is 5.97 Å². The number of methoxy groups -OCH3 is 1. The minimum absolute atomic E-state index is 0.0533. The third-order valence-corrected chi connectivity index (χ3v) is 4.69. The van der Waals surface area contributed by atoms with E-state index in [1.54, 1.807) is 23.0 Å². The van der Waals surface area contributed by atoms with Gasteiger partial charge in [0, 0.05) is 9.86 Å². The molecular weight excluding hydrogens is 380 g/mol. The first-order valence-electron chi connectivity index (χ1n) is 7.02. The zero-order valence-electron chi connectivity index (χ0n) is 12.6. The van der Waals surface area contributed by atoms with E-state index in [0.717, 1.165) is 15.4 Å². The number of carbonyl (C=O) groups excluding carboxylic acids is 1. The number of hydrogen-bond donors (Lipinski definition) is 0. The van der Waals surface area contributed by atoms with E-state index in [-0.39, 0.29) is 6.04 Å². The Morgan fingerprint density at radius 3 is 2.61 bits per heavy atom. The molecule has 23 heavy (non-hydrogen) atoms. The summed E-state index contributed by atoms with van der Waals surface area (Å²) in [4.78, 5) is 12.1. The van der Waals surface area contributed by atoms with Gasteiger partial charge in [-0.05, 0) is 36.8 Å². The van der Waals surface area contributed by atoms with Gasteiger partial charge in [0.15, 0.2) is 0 Å². The first-order valence-corrected chi connectivity index (χ1v) is 8.19. The topological polar surface area (TPSA) is 44.1 Å². The third-order valence-electron chi connectivity index (χ3n) is 3.83. The summed E-state index contributed by atoms with van der Waals surface area (Å²) < 4.78 is 7.69. The molecule has 0 saturated heterocycles. The van der Waals surface area contributed by atoms with Crippen molar-refractivity contribution in [3.63, 3.8) is 0 Å². The van der Waals surface area contributed by atoms with Gasteiger partial charge in [-0.15, -0.1) is 0 Å². The van der Waals surface area contributed by atoms with Crippen LogP contribution in [-0.4, -0.2) is 22.9 Å². The fraction of sp³-hybridized carbons (Fsp3) is 0.176. The summed E-state index contributed by atoms with van der Waals surface area (Å²) in [5, 5.41) is 5.74. The van der Waals surface area contributed by atoms with Crippen LogP contribution in [0.1, 0.15) is 28.9 Å². The molecule has 1 aromatic heterocycles. The van der Waals surface area contributed by atoms with E-state index >= 15 is 0 Å². The molecular formula is C17H14BrClN2O2. The number of rotatable bonds is 3. The maximum absolute atomic E-state index is 12.1. The molecule has 1 unspecified atom stereocenters. The molecule has 2 aromatic carbocycles. The summed E-state index contributed by atoms with van der Waals surface area (Å²) in [6, 6.07) is 11.3. The molecule has 0 aliphatic carbocycles. The Labute approximate surface area is 147 Å². The molecule has 0 aliphatic heterocycles. The second-order valence-corrected chi connectivity index (χ2v) is 6.49. The summed E-state index contributed by atoms with van der Waals surface area (Å²) >= 11 is 9.68. The van der Waals surface area contributed by atoms with E-state index in [4.69, 9.17) is 16.3 Å². The lowest BCUT2D eigenvalue weighted by molar-refractivity contribution is 0.0602. The molecule has 6 heteroatoms. The first kappa shape index (κ1) is 16.0. The van der Waals surface area contributed by atoms with E-state index in [2.05, 4.69) is 21.0 Å². The predicted molar refractivity (Wildman–Crippen MR) is 94.0 cm³/mol. The smallest absolute Gasteiger partial charge is 0.340 e. The van der Waals surface area contributed by atoms with E-state index in [1.807, 2.05) is 31.2 Å². The lowest BCUT2D eigenvalue weighted by Crippen LogP contribution is -2.11. The van der Waals surface area contributed by atoms with Gasteiger partial charge in [-0.25, -0.2) is 4.79 Å². The highest BCUT2D eigenvalue weighted by Gasteiger charge is 2.20. The SMILES string of the molecule is COC(=O)c1ccc(Cl)c2cnn(C(C)c3ccc(Br)cc3)c12. The van der Waals surface area contributed by atoms with Gasteiger partial charge in [0.1, 0.15) is 0 Å². The maximum Gasteiger partial charge on any atom is 0.340 e. The van der Waals surface area contributed by atoms with Gasteiger partial charge in [-0.1, -0.05) is 39.7 Å². The number of fused-ring (bicyclic) bond motifs is 1. The highest BCUT2D eigenvalue weighted by molar-refractivity contribution is 9.10. The second-order valence-electron chi connectivity index (χ2n) is 5.17. The van der Waals surface area contributed by atoms with Crippen molar-refractivity contribution in [1.29, 1.82) is 0 Å². The van der Waals surface area contributed by atoms with Crippen molar-refractivity contribution in [2.24, 2.45) is 0 Å². The van der Waals surface area contributed by atoms with Crippen LogP contribution >= 0.6 is 27.5 Å². The highest BCUT2D eigenvalue weighted by atomic mass is 79.9. The average molecular weight is 394 g/mol. The summed E-state index contributed by atoms with van der Waals surface area (Å²) in [7, 11) is 1.36. The van der Waals surface area contributed by atoms with Crippen molar-refractivity contribution in [3.8, 4) is 0 Å². The standard InChI is InChI=1S/C17H14BrClN2O2/c1-10(11-3-5-12(18)6-4-11)21-16-13(17(22)23-2)7-8-15(19)14(16)9-20-21/h3-10H,1-2H3. The Hall–Kier alpha value is -1.85. The maximum atomic E-state index is 12.1. The largest absolute Gasteiger partial charge is 0.465 e. The summed E-state index contributed by atoms with van der Waals surface area (Å²) in [5.41, 5.74) is 2.21. The molecule has 0 amide bonds. The molecule has 118 valence electrons. The molecule has 4 nitrogen and oxygen atoms in total. The Morgan fingerprint density at radius 1 is 1.26 bits per heavy atom. The molecule has 0 saturated carbocycles. The van der Waals surface area contributed by atoms with Crippen LogP contribution in [0.15, 0.2) is 47.1 Å². The first-order chi connectivity index (χ1) is 11.0. The fourth-order valence-electron chi connectivity index (χ4n) is 2.58. The van der Waals surface area contributed by atoms with E-state index < -0.39 is 5.97 Å². The van der Waals surface area contributed by atoms with E-state index in [9.17, 15) is 4.79 Å². The van der Waals surface area contributed by atoms with Gasteiger partial charge in [-0.2, -0.15) is 5.10 Å². The van der Waals surface area contributed by atoms with Crippen LogP contribution in [0.3, 0.4) is 0 Å². The number of aromatic nitrogens is 2. The Morgan fingerprint density at radius 2 is 1.96 bits per heavy atom. The van der Waals surface area contributed by atoms with Crippen molar-refractivity contribution in [3.05, 3.63) is 63.2 Å². The molecule has 3 rings (SSSR count). The van der Waals surface area contributed by atoms with Crippen LogP contribution in [0.2, 0.25) is 5.02 Å². The van der Waals surface area contributed by atoms with Crippen LogP contribution in [0, 0.1) is 0 Å². The number of esters is 1. The van der Waals surface area contributed by atoms with Crippen molar-refractivity contribution >= 4 is 44.4 Å². The summed E-state index contributed by atoms with van der Waals surface area (Å²) in [6.07, 6.45) is 1.68. The monoisotopic (exact) mass is 392 g/mol. The molecule has 0 fully saturated rings. The number of halogens is 2. The Kier molecular flexibility index (Phi) is 4.41. The van der Waals surface area contributed by atoms with Crippen molar-refractivity contribution in [1.82, 2.24) is 9.78 Å². The number of ether oxygens (including phenoxy) is 1. The zero-order chi connectivity index (χ0) is 16.6.